The molecule has 0 radical (unpaired) electrons. The van der Waals surface area contributed by atoms with Crippen molar-refractivity contribution in [3.8, 4) is 0 Å². The van der Waals surface area contributed by atoms with E-state index >= 15 is 0 Å². The molecule has 0 rings (SSSR count). The average molecular weight is 300 g/mol. The number of methoxy groups -OCH3 is 1. The molecule has 0 fully saturated rings. The third-order valence-corrected chi connectivity index (χ3v) is 2.11. The molecule has 0 unspecified atom stereocenters. The van der Waals surface area contributed by atoms with Crippen LogP contribution in [0, 0.1) is 0 Å². The number of esters is 1. The Morgan fingerprint density at radius 2 is 1.90 bits per heavy atom. The quantitative estimate of drug-likeness (QED) is 0.530. The summed E-state index contributed by atoms with van der Waals surface area (Å²) in [6.07, 6.45) is -4.91. The maximum Gasteiger partial charge on any atom is 0.401 e. The van der Waals surface area contributed by atoms with Gasteiger partial charge >= 0.3 is 18.1 Å². The van der Waals surface area contributed by atoms with Crippen molar-refractivity contribution in [2.45, 2.75) is 25.1 Å². The van der Waals surface area contributed by atoms with Crippen molar-refractivity contribution in [1.82, 2.24) is 10.6 Å². The van der Waals surface area contributed by atoms with E-state index in [0.717, 1.165) is 7.11 Å². The van der Waals surface area contributed by atoms with Gasteiger partial charge in [0.15, 0.2) is 0 Å². The molecule has 0 aliphatic carbocycles. The number of nitrogens with one attached hydrogen (secondary N) is 2. The van der Waals surface area contributed by atoms with Gasteiger partial charge in [0, 0.05) is 6.42 Å². The molecule has 3 N–H and O–H groups in total. The molecule has 0 aromatic heterocycles. The van der Waals surface area contributed by atoms with Crippen LogP contribution in [0.25, 0.3) is 0 Å². The highest BCUT2D eigenvalue weighted by molar-refractivity contribution is 5.85. The van der Waals surface area contributed by atoms with Crippen molar-refractivity contribution in [3.05, 3.63) is 0 Å². The van der Waals surface area contributed by atoms with Crippen molar-refractivity contribution in [1.29, 1.82) is 0 Å². The summed E-state index contributed by atoms with van der Waals surface area (Å²) in [5.74, 6) is -2.95. The number of hydrogen-bond donors (Lipinski definition) is 3. The van der Waals surface area contributed by atoms with Crippen LogP contribution in [0.4, 0.5) is 13.2 Å². The average Bonchev–Trinajstić information content (AvgIpc) is 2.31. The van der Waals surface area contributed by atoms with E-state index in [1.807, 2.05) is 10.6 Å². The van der Waals surface area contributed by atoms with E-state index in [1.54, 1.807) is 0 Å². The van der Waals surface area contributed by atoms with E-state index in [4.69, 9.17) is 5.11 Å². The van der Waals surface area contributed by atoms with Crippen LogP contribution in [-0.4, -0.2) is 55.4 Å². The molecule has 1 atom stereocenters. The number of carbonyl (C=O) groups is 3. The molecule has 0 aliphatic rings. The van der Waals surface area contributed by atoms with E-state index in [0.29, 0.717) is 0 Å². The van der Waals surface area contributed by atoms with Crippen LogP contribution in [0.2, 0.25) is 0 Å². The van der Waals surface area contributed by atoms with E-state index < -0.39 is 43.2 Å². The minimum atomic E-state index is -4.46. The number of carbonyl (C=O) groups excluding carboxylic acids is 2. The predicted molar refractivity (Wildman–Crippen MR) is 59.7 cm³/mol. The number of carboxylic acids is 1. The van der Waals surface area contributed by atoms with Crippen molar-refractivity contribution >= 4 is 17.8 Å². The summed E-state index contributed by atoms with van der Waals surface area (Å²) in [5.41, 5.74) is 0. The first-order valence-corrected chi connectivity index (χ1v) is 5.52. The molecular formula is C10H15F3N2O5. The SMILES string of the molecule is COC(=O)CC[C@H](NC(=O)CNCC(F)(F)F)C(=O)O. The summed E-state index contributed by atoms with van der Waals surface area (Å²) in [4.78, 5) is 32.9. The highest BCUT2D eigenvalue weighted by Crippen LogP contribution is 2.11. The van der Waals surface area contributed by atoms with Gasteiger partial charge in [-0.2, -0.15) is 13.2 Å². The molecule has 7 nitrogen and oxygen atoms in total. The smallest absolute Gasteiger partial charge is 0.401 e. The van der Waals surface area contributed by atoms with Gasteiger partial charge in [0.1, 0.15) is 6.04 Å². The fourth-order valence-electron chi connectivity index (χ4n) is 1.18. The summed E-state index contributed by atoms with van der Waals surface area (Å²) in [5, 5.41) is 12.6. The van der Waals surface area contributed by atoms with Gasteiger partial charge in [-0.25, -0.2) is 4.79 Å². The van der Waals surface area contributed by atoms with Gasteiger partial charge in [-0.05, 0) is 6.42 Å². The minimum absolute atomic E-state index is 0.215. The Morgan fingerprint density at radius 1 is 1.30 bits per heavy atom. The van der Waals surface area contributed by atoms with Crippen LogP contribution < -0.4 is 10.6 Å². The number of rotatable bonds is 8. The first-order chi connectivity index (χ1) is 9.15. The van der Waals surface area contributed by atoms with Crippen LogP contribution in [0.3, 0.4) is 0 Å². The Balaban J connectivity index is 4.15. The highest BCUT2D eigenvalue weighted by atomic mass is 19.4. The molecule has 0 aliphatic heterocycles. The Kier molecular flexibility index (Phi) is 7.59. The molecule has 0 aromatic rings. The number of carboxylic acid groups (broad SMARTS) is 1. The third kappa shape index (κ3) is 9.14. The summed E-state index contributed by atoms with van der Waals surface area (Å²) in [7, 11) is 1.12. The summed E-state index contributed by atoms with van der Waals surface area (Å²) in [6.45, 7) is -2.04. The molecule has 0 saturated carbocycles. The largest absolute Gasteiger partial charge is 0.480 e. The van der Waals surface area contributed by atoms with E-state index in [-0.39, 0.29) is 12.8 Å². The van der Waals surface area contributed by atoms with Crippen molar-refractivity contribution < 1.29 is 37.4 Å². The molecule has 20 heavy (non-hydrogen) atoms. The summed E-state index contributed by atoms with van der Waals surface area (Å²) < 4.78 is 39.7. The first-order valence-electron chi connectivity index (χ1n) is 5.52. The lowest BCUT2D eigenvalue weighted by molar-refractivity contribution is -0.144. The summed E-state index contributed by atoms with van der Waals surface area (Å²) >= 11 is 0. The monoisotopic (exact) mass is 300 g/mol. The van der Waals surface area contributed by atoms with Gasteiger partial charge in [-0.15, -0.1) is 0 Å². The zero-order valence-electron chi connectivity index (χ0n) is 10.6. The molecule has 0 aromatic carbocycles. The van der Waals surface area contributed by atoms with Gasteiger partial charge in [-0.1, -0.05) is 0 Å². The van der Waals surface area contributed by atoms with Crippen molar-refractivity contribution in [2.75, 3.05) is 20.2 Å². The lowest BCUT2D eigenvalue weighted by Crippen LogP contribution is -2.46. The summed E-state index contributed by atoms with van der Waals surface area (Å²) in [6, 6.07) is -1.37. The Labute approximate surface area is 112 Å². The zero-order valence-corrected chi connectivity index (χ0v) is 10.6. The maximum atomic E-state index is 11.8. The topological polar surface area (TPSA) is 105 Å². The minimum Gasteiger partial charge on any atom is -0.480 e. The fraction of sp³-hybridized carbons (Fsp3) is 0.700. The second-order valence-electron chi connectivity index (χ2n) is 3.79. The standard InChI is InChI=1S/C10H15F3N2O5/c1-20-8(17)3-2-6(9(18)19)15-7(16)4-14-5-10(11,12)13/h6,14H,2-5H2,1H3,(H,15,16)(H,18,19)/t6-/m0/s1. The molecule has 116 valence electrons. The van der Waals surface area contributed by atoms with Crippen LogP contribution in [-0.2, 0) is 19.1 Å². The maximum absolute atomic E-state index is 11.8. The molecule has 0 saturated heterocycles. The number of hydrogen-bond acceptors (Lipinski definition) is 5. The molecule has 10 heteroatoms. The molecule has 0 spiro atoms. The molecular weight excluding hydrogens is 285 g/mol. The van der Waals surface area contributed by atoms with E-state index in [2.05, 4.69) is 4.74 Å². The predicted octanol–water partition coefficient (Wildman–Crippen LogP) is -0.339. The van der Waals surface area contributed by atoms with E-state index in [1.165, 1.54) is 0 Å². The second-order valence-corrected chi connectivity index (χ2v) is 3.79. The molecule has 0 bridgehead atoms. The first kappa shape index (κ1) is 18.2. The second kappa shape index (κ2) is 8.35. The molecule has 1 amide bonds. The number of amides is 1. The van der Waals surface area contributed by atoms with Gasteiger partial charge in [0.2, 0.25) is 5.91 Å². The fourth-order valence-corrected chi connectivity index (χ4v) is 1.18. The lowest BCUT2D eigenvalue weighted by Gasteiger charge is -2.14. The number of ether oxygens (including phenoxy) is 1. The lowest BCUT2D eigenvalue weighted by atomic mass is 10.1. The normalized spacial score (nSPS) is 12.6. The van der Waals surface area contributed by atoms with Crippen LogP contribution in [0.15, 0.2) is 0 Å². The third-order valence-electron chi connectivity index (χ3n) is 2.11. The number of halogens is 3. The van der Waals surface area contributed by atoms with Crippen molar-refractivity contribution in [3.63, 3.8) is 0 Å². The Bertz CT molecular complexity index is 359. The van der Waals surface area contributed by atoms with Crippen molar-refractivity contribution in [2.24, 2.45) is 0 Å². The van der Waals surface area contributed by atoms with Gasteiger partial charge in [-0.3, -0.25) is 9.59 Å². The van der Waals surface area contributed by atoms with Crippen LogP contribution >= 0.6 is 0 Å². The van der Waals surface area contributed by atoms with Crippen LogP contribution in [0.5, 0.6) is 0 Å². The van der Waals surface area contributed by atoms with Gasteiger partial charge in [0.05, 0.1) is 20.2 Å². The van der Waals surface area contributed by atoms with Gasteiger partial charge in [0.25, 0.3) is 0 Å². The van der Waals surface area contributed by atoms with Gasteiger partial charge < -0.3 is 20.5 Å². The Morgan fingerprint density at radius 3 is 2.35 bits per heavy atom. The Hall–Kier alpha value is -1.84. The van der Waals surface area contributed by atoms with Crippen LogP contribution in [0.1, 0.15) is 12.8 Å². The number of alkyl halides is 3. The zero-order chi connectivity index (χ0) is 15.8. The number of aliphatic carboxylic acids is 1. The highest BCUT2D eigenvalue weighted by Gasteiger charge is 2.27. The molecule has 0 heterocycles. The van der Waals surface area contributed by atoms with E-state index in [9.17, 15) is 27.6 Å².